The van der Waals surface area contributed by atoms with Crippen LogP contribution in [0.1, 0.15) is 13.3 Å². The molecule has 0 aromatic carbocycles. The highest BCUT2D eigenvalue weighted by Gasteiger charge is 2.27. The predicted octanol–water partition coefficient (Wildman–Crippen LogP) is 2.86. The summed E-state index contributed by atoms with van der Waals surface area (Å²) in [7, 11) is 0. The van der Waals surface area contributed by atoms with Crippen LogP contribution < -0.4 is 5.48 Å². The first-order chi connectivity index (χ1) is 7.07. The summed E-state index contributed by atoms with van der Waals surface area (Å²) in [6, 6.07) is -0.673. The summed E-state index contributed by atoms with van der Waals surface area (Å²) in [6.45, 7) is 4.53. The van der Waals surface area contributed by atoms with E-state index in [1.165, 1.54) is 6.92 Å². The van der Waals surface area contributed by atoms with Gasteiger partial charge in [0.15, 0.2) is 11.7 Å². The topological polar surface area (TPSA) is 21.3 Å². The molecular weight excluding hydrogens is 207 g/mol. The first-order valence-electron chi connectivity index (χ1n) is 4.51. The second kappa shape index (κ2) is 5.14. The van der Waals surface area contributed by atoms with Crippen LogP contribution in [0.5, 0.6) is 0 Å². The Morgan fingerprint density at radius 3 is 2.53 bits per heavy atom. The minimum absolute atomic E-state index is 0.331. The molecule has 0 aliphatic carbocycles. The molecule has 1 aliphatic heterocycles. The third kappa shape index (κ3) is 2.70. The van der Waals surface area contributed by atoms with Crippen molar-refractivity contribution in [3.63, 3.8) is 0 Å². The molecule has 1 saturated heterocycles. The van der Waals surface area contributed by atoms with E-state index in [0.717, 1.165) is 6.08 Å². The number of hydrogen-bond donors (Lipinski definition) is 1. The van der Waals surface area contributed by atoms with Crippen LogP contribution in [0.2, 0.25) is 0 Å². The van der Waals surface area contributed by atoms with E-state index in [1.54, 1.807) is 0 Å². The molecule has 0 saturated carbocycles. The van der Waals surface area contributed by atoms with E-state index in [2.05, 4.69) is 12.1 Å². The van der Waals surface area contributed by atoms with Crippen molar-refractivity contribution in [1.29, 1.82) is 0 Å². The van der Waals surface area contributed by atoms with Gasteiger partial charge in [-0.1, -0.05) is 12.7 Å². The van der Waals surface area contributed by atoms with Crippen molar-refractivity contribution in [2.45, 2.75) is 19.4 Å². The Hall–Kier alpha value is -1.07. The molecule has 1 rings (SSSR count). The van der Waals surface area contributed by atoms with Gasteiger partial charge in [-0.3, -0.25) is 0 Å². The molecule has 15 heavy (non-hydrogen) atoms. The van der Waals surface area contributed by atoms with Crippen LogP contribution in [0.4, 0.5) is 13.2 Å². The second-order valence-electron chi connectivity index (χ2n) is 3.08. The summed E-state index contributed by atoms with van der Waals surface area (Å²) in [6.07, 6.45) is 1.45. The summed E-state index contributed by atoms with van der Waals surface area (Å²) < 4.78 is 39.2. The van der Waals surface area contributed by atoms with Crippen molar-refractivity contribution < 1.29 is 18.0 Å². The van der Waals surface area contributed by atoms with Crippen molar-refractivity contribution >= 4 is 0 Å². The molecule has 1 fully saturated rings. The number of halogens is 3. The lowest BCUT2D eigenvalue weighted by Crippen LogP contribution is -2.24. The number of hydroxylamine groups is 1. The van der Waals surface area contributed by atoms with Crippen molar-refractivity contribution in [2.24, 2.45) is 0 Å². The van der Waals surface area contributed by atoms with Crippen molar-refractivity contribution in [2.75, 3.05) is 6.61 Å². The predicted molar refractivity (Wildman–Crippen MR) is 50.7 cm³/mol. The summed E-state index contributed by atoms with van der Waals surface area (Å²) in [5.41, 5.74) is 2.05. The average Bonchev–Trinajstić information content (AvgIpc) is 2.70. The molecule has 0 unspecified atom stereocenters. The molecule has 1 N–H and O–H groups in total. The second-order valence-corrected chi connectivity index (χ2v) is 3.08. The van der Waals surface area contributed by atoms with Crippen LogP contribution in [0.3, 0.4) is 0 Å². The van der Waals surface area contributed by atoms with E-state index in [0.29, 0.717) is 13.0 Å². The fourth-order valence-corrected chi connectivity index (χ4v) is 1.32. The summed E-state index contributed by atoms with van der Waals surface area (Å²) >= 11 is 0. The molecule has 5 heteroatoms. The third-order valence-electron chi connectivity index (χ3n) is 2.07. The van der Waals surface area contributed by atoms with E-state index < -0.39 is 23.5 Å². The molecule has 0 spiro atoms. The summed E-state index contributed by atoms with van der Waals surface area (Å²) in [5.74, 6) is -3.36. The quantitative estimate of drug-likeness (QED) is 0.737. The van der Waals surface area contributed by atoms with Crippen molar-refractivity contribution in [3.05, 3.63) is 35.7 Å². The Bertz CT molecular complexity index is 317. The largest absolute Gasteiger partial charge is 0.301 e. The Morgan fingerprint density at radius 1 is 1.47 bits per heavy atom. The Morgan fingerprint density at radius 2 is 2.13 bits per heavy atom. The Kier molecular flexibility index (Phi) is 4.11. The van der Waals surface area contributed by atoms with Gasteiger partial charge in [0.25, 0.3) is 0 Å². The van der Waals surface area contributed by atoms with Crippen LogP contribution in [0.25, 0.3) is 0 Å². The van der Waals surface area contributed by atoms with Gasteiger partial charge < -0.3 is 4.84 Å². The SMILES string of the molecule is C=C(F)/C(F)=C(\C(F)=C/C)[C@H]1CCON1. The minimum atomic E-state index is -1.28. The zero-order valence-electron chi connectivity index (χ0n) is 8.32. The number of rotatable bonds is 3. The zero-order chi connectivity index (χ0) is 11.4. The molecule has 0 amide bonds. The molecule has 0 bridgehead atoms. The van der Waals surface area contributed by atoms with Gasteiger partial charge >= 0.3 is 0 Å². The first kappa shape index (κ1) is 12.0. The van der Waals surface area contributed by atoms with Crippen LogP contribution in [-0.2, 0) is 4.84 Å². The zero-order valence-corrected chi connectivity index (χ0v) is 8.32. The fraction of sp³-hybridized carbons (Fsp3) is 0.400. The summed E-state index contributed by atoms with van der Waals surface area (Å²) in [4.78, 5) is 4.77. The molecule has 0 aromatic rings. The van der Waals surface area contributed by atoms with Crippen LogP contribution in [-0.4, -0.2) is 12.6 Å². The third-order valence-corrected chi connectivity index (χ3v) is 2.07. The van der Waals surface area contributed by atoms with Gasteiger partial charge in [0.2, 0.25) is 0 Å². The highest BCUT2D eigenvalue weighted by molar-refractivity contribution is 5.38. The lowest BCUT2D eigenvalue weighted by atomic mass is 10.0. The number of hydrogen-bond acceptors (Lipinski definition) is 2. The lowest BCUT2D eigenvalue weighted by molar-refractivity contribution is 0.0925. The van der Waals surface area contributed by atoms with Crippen LogP contribution in [0, 0.1) is 0 Å². The normalized spacial score (nSPS) is 24.0. The van der Waals surface area contributed by atoms with Crippen LogP contribution >= 0.6 is 0 Å². The average molecular weight is 219 g/mol. The van der Waals surface area contributed by atoms with E-state index in [4.69, 9.17) is 4.84 Å². The van der Waals surface area contributed by atoms with Crippen molar-refractivity contribution in [1.82, 2.24) is 5.48 Å². The summed E-state index contributed by atoms with van der Waals surface area (Å²) in [5, 5.41) is 0. The molecule has 1 heterocycles. The van der Waals surface area contributed by atoms with Crippen molar-refractivity contribution in [3.8, 4) is 0 Å². The first-order valence-corrected chi connectivity index (χ1v) is 4.51. The van der Waals surface area contributed by atoms with Gasteiger partial charge in [0.1, 0.15) is 5.83 Å². The van der Waals surface area contributed by atoms with E-state index in [1.807, 2.05) is 0 Å². The Balaban J connectivity index is 3.07. The molecule has 2 nitrogen and oxygen atoms in total. The molecule has 1 atom stereocenters. The van der Waals surface area contributed by atoms with Crippen LogP contribution in [0.15, 0.2) is 35.7 Å². The van der Waals surface area contributed by atoms with Gasteiger partial charge in [-0.15, -0.1) is 0 Å². The monoisotopic (exact) mass is 219 g/mol. The standard InChI is InChI=1S/C10H12F3NO/c1-3-7(12)9(10(13)6(2)11)8-4-5-15-14-8/h3,8,14H,2,4-5H2,1H3/b7-3+,10-9-/t8-/m1/s1. The van der Waals surface area contributed by atoms with E-state index in [9.17, 15) is 13.2 Å². The minimum Gasteiger partial charge on any atom is -0.301 e. The molecule has 0 aromatic heterocycles. The van der Waals surface area contributed by atoms with Gasteiger partial charge in [0.05, 0.1) is 12.6 Å². The maximum atomic E-state index is 13.3. The van der Waals surface area contributed by atoms with Gasteiger partial charge in [-0.25, -0.2) is 13.2 Å². The highest BCUT2D eigenvalue weighted by Crippen LogP contribution is 2.28. The van der Waals surface area contributed by atoms with Gasteiger partial charge in [0, 0.05) is 5.57 Å². The van der Waals surface area contributed by atoms with E-state index >= 15 is 0 Å². The van der Waals surface area contributed by atoms with E-state index in [-0.39, 0.29) is 5.57 Å². The lowest BCUT2D eigenvalue weighted by Gasteiger charge is -2.12. The van der Waals surface area contributed by atoms with Gasteiger partial charge in [-0.2, -0.15) is 5.48 Å². The molecule has 1 aliphatic rings. The Labute approximate surface area is 86.1 Å². The number of allylic oxidation sites excluding steroid dienone is 3. The molecular formula is C10H12F3NO. The fourth-order valence-electron chi connectivity index (χ4n) is 1.32. The highest BCUT2D eigenvalue weighted by atomic mass is 19.2. The molecule has 84 valence electrons. The molecule has 0 radical (unpaired) electrons. The smallest absolute Gasteiger partial charge is 0.165 e. The maximum absolute atomic E-state index is 13.3. The number of nitrogens with one attached hydrogen (secondary N) is 1. The maximum Gasteiger partial charge on any atom is 0.165 e. The van der Waals surface area contributed by atoms with Gasteiger partial charge in [-0.05, 0) is 13.3 Å².